The highest BCUT2D eigenvalue weighted by atomic mass is 32.2. The molecule has 1 N–H and O–H groups in total. The van der Waals surface area contributed by atoms with Gasteiger partial charge in [-0.15, -0.1) is 11.8 Å². The first-order valence-electron chi connectivity index (χ1n) is 14.7. The maximum absolute atomic E-state index is 13.1. The van der Waals surface area contributed by atoms with Gasteiger partial charge in [0.05, 0.1) is 0 Å². The second kappa shape index (κ2) is 11.5. The van der Waals surface area contributed by atoms with Crippen LogP contribution in [0.3, 0.4) is 0 Å². The molecule has 4 aliphatic rings. The first-order chi connectivity index (χ1) is 19.0. The van der Waals surface area contributed by atoms with Gasteiger partial charge in [0.1, 0.15) is 6.04 Å². The number of nitrogens with one attached hydrogen (secondary N) is 1. The first kappa shape index (κ1) is 26.6. The Kier molecular flexibility index (Phi) is 7.81. The molecule has 2 aromatic carbocycles. The van der Waals surface area contributed by atoms with Gasteiger partial charge in [-0.05, 0) is 85.9 Å². The van der Waals surface area contributed by atoms with Crippen LogP contribution < -0.4 is 5.32 Å². The molecule has 6 rings (SSSR count). The van der Waals surface area contributed by atoms with E-state index < -0.39 is 6.04 Å². The van der Waals surface area contributed by atoms with E-state index in [0.717, 1.165) is 29.2 Å². The summed E-state index contributed by atoms with van der Waals surface area (Å²) in [6, 6.07) is 14.3. The summed E-state index contributed by atoms with van der Waals surface area (Å²) in [4.78, 5) is 42.4. The molecule has 3 amide bonds. The van der Waals surface area contributed by atoms with Gasteiger partial charge >= 0.3 is 0 Å². The van der Waals surface area contributed by atoms with E-state index in [-0.39, 0.29) is 24.1 Å². The number of hydrogen-bond donors (Lipinski definition) is 1. The van der Waals surface area contributed by atoms with E-state index in [9.17, 15) is 14.4 Å². The Labute approximate surface area is 235 Å². The van der Waals surface area contributed by atoms with Gasteiger partial charge < -0.3 is 9.80 Å². The molecule has 6 nitrogen and oxygen atoms in total. The molecule has 0 aromatic heterocycles. The fourth-order valence-corrected chi connectivity index (χ4v) is 8.03. The number of rotatable bonds is 7. The molecule has 1 atom stereocenters. The summed E-state index contributed by atoms with van der Waals surface area (Å²) in [6.45, 7) is 4.09. The molecular formula is C32H39N3O3S. The number of nitrogens with zero attached hydrogens (tertiary/aromatic N) is 2. The Morgan fingerprint density at radius 2 is 1.64 bits per heavy atom. The minimum absolute atomic E-state index is 0.117. The van der Waals surface area contributed by atoms with Crippen molar-refractivity contribution in [2.75, 3.05) is 19.6 Å². The zero-order valence-electron chi connectivity index (χ0n) is 22.8. The number of carbonyl (C=O) groups excluding carboxylic acids is 3. The lowest BCUT2D eigenvalue weighted by molar-refractivity contribution is -0.136. The minimum atomic E-state index is -0.577. The van der Waals surface area contributed by atoms with Crippen LogP contribution in [0.1, 0.15) is 84.8 Å². The quantitative estimate of drug-likeness (QED) is 0.376. The Bertz CT molecular complexity index is 1230. The Morgan fingerprint density at radius 1 is 0.897 bits per heavy atom. The average Bonchev–Trinajstić information content (AvgIpc) is 3.29. The maximum atomic E-state index is 13.1. The summed E-state index contributed by atoms with van der Waals surface area (Å²) >= 11 is 1.74. The SMILES string of the molecule is O=C1CCC(N2Cc3c(SCc4ccc(CCN5CCC6(CCCCC6)CC5)cc4)cccc3C2=O)C(=O)N1. The number of likely N-dealkylation sites (tertiary alicyclic amines) is 1. The van der Waals surface area contributed by atoms with Crippen LogP contribution >= 0.6 is 11.8 Å². The molecule has 3 heterocycles. The molecule has 0 bridgehead atoms. The lowest BCUT2D eigenvalue weighted by Crippen LogP contribution is -2.52. The third-order valence-corrected chi connectivity index (χ3v) is 10.7. The Morgan fingerprint density at radius 3 is 2.38 bits per heavy atom. The van der Waals surface area contributed by atoms with Crippen molar-refractivity contribution >= 4 is 29.5 Å². The van der Waals surface area contributed by atoms with Gasteiger partial charge in [-0.1, -0.05) is 49.6 Å². The predicted molar refractivity (Wildman–Crippen MR) is 153 cm³/mol. The highest BCUT2D eigenvalue weighted by molar-refractivity contribution is 7.98. The van der Waals surface area contributed by atoms with E-state index in [1.54, 1.807) is 16.7 Å². The summed E-state index contributed by atoms with van der Waals surface area (Å²) in [5, 5.41) is 2.38. The highest BCUT2D eigenvalue weighted by Gasteiger charge is 2.40. The van der Waals surface area contributed by atoms with Crippen molar-refractivity contribution in [1.82, 2.24) is 15.1 Å². The molecule has 7 heteroatoms. The normalized spacial score (nSPS) is 23.2. The van der Waals surface area contributed by atoms with Crippen molar-refractivity contribution in [1.29, 1.82) is 0 Å². The molecule has 1 spiro atoms. The zero-order valence-corrected chi connectivity index (χ0v) is 23.6. The molecule has 3 aliphatic heterocycles. The third-order valence-electron chi connectivity index (χ3n) is 9.50. The molecule has 1 aliphatic carbocycles. The van der Waals surface area contributed by atoms with Crippen LogP contribution in [0.4, 0.5) is 0 Å². The Hall–Kier alpha value is -2.64. The van der Waals surface area contributed by atoms with Gasteiger partial charge in [0, 0.05) is 35.7 Å². The molecule has 206 valence electrons. The van der Waals surface area contributed by atoms with Crippen LogP contribution in [0, 0.1) is 5.41 Å². The molecule has 2 saturated heterocycles. The lowest BCUT2D eigenvalue weighted by Gasteiger charge is -2.44. The summed E-state index contributed by atoms with van der Waals surface area (Å²) in [6.07, 6.45) is 11.8. The summed E-state index contributed by atoms with van der Waals surface area (Å²) in [5.41, 5.74) is 5.00. The smallest absolute Gasteiger partial charge is 0.255 e. The number of piperidine rings is 2. The molecule has 0 radical (unpaired) electrons. The number of imide groups is 1. The highest BCUT2D eigenvalue weighted by Crippen LogP contribution is 2.44. The van der Waals surface area contributed by atoms with Crippen LogP contribution in [-0.4, -0.2) is 53.2 Å². The zero-order chi connectivity index (χ0) is 26.8. The molecule has 2 aromatic rings. The number of thioether (sulfide) groups is 1. The van der Waals surface area contributed by atoms with E-state index in [0.29, 0.717) is 23.9 Å². The van der Waals surface area contributed by atoms with Gasteiger partial charge in [0.2, 0.25) is 11.8 Å². The molecule has 1 unspecified atom stereocenters. The lowest BCUT2D eigenvalue weighted by atomic mass is 9.68. The summed E-state index contributed by atoms with van der Waals surface area (Å²) < 4.78 is 0. The van der Waals surface area contributed by atoms with Crippen molar-refractivity contribution in [2.45, 2.75) is 87.4 Å². The number of benzene rings is 2. The predicted octanol–water partition coefficient (Wildman–Crippen LogP) is 5.33. The second-order valence-corrected chi connectivity index (χ2v) is 13.0. The van der Waals surface area contributed by atoms with Crippen molar-refractivity contribution in [3.8, 4) is 0 Å². The second-order valence-electron chi connectivity index (χ2n) is 11.9. The van der Waals surface area contributed by atoms with Crippen molar-refractivity contribution in [2.24, 2.45) is 5.41 Å². The summed E-state index contributed by atoms with van der Waals surface area (Å²) in [5.74, 6) is 0.0863. The molecule has 39 heavy (non-hydrogen) atoms. The van der Waals surface area contributed by atoms with Crippen LogP contribution in [0.5, 0.6) is 0 Å². The topological polar surface area (TPSA) is 69.7 Å². The van der Waals surface area contributed by atoms with Gasteiger partial charge in [-0.25, -0.2) is 0 Å². The number of amides is 3. The van der Waals surface area contributed by atoms with Gasteiger partial charge in [-0.3, -0.25) is 19.7 Å². The fraction of sp³-hybridized carbons (Fsp3) is 0.531. The average molecular weight is 546 g/mol. The number of fused-ring (bicyclic) bond motifs is 1. The van der Waals surface area contributed by atoms with Gasteiger partial charge in [-0.2, -0.15) is 0 Å². The van der Waals surface area contributed by atoms with E-state index in [2.05, 4.69) is 40.5 Å². The number of carbonyl (C=O) groups is 3. The van der Waals surface area contributed by atoms with E-state index in [1.807, 2.05) is 12.1 Å². The minimum Gasteiger partial charge on any atom is -0.322 e. The van der Waals surface area contributed by atoms with E-state index in [1.165, 1.54) is 69.2 Å². The van der Waals surface area contributed by atoms with Crippen LogP contribution in [0.15, 0.2) is 47.4 Å². The van der Waals surface area contributed by atoms with Crippen LogP contribution in [-0.2, 0) is 28.3 Å². The first-order valence-corrected chi connectivity index (χ1v) is 15.7. The van der Waals surface area contributed by atoms with E-state index >= 15 is 0 Å². The van der Waals surface area contributed by atoms with Gasteiger partial charge in [0.15, 0.2) is 0 Å². The molecule has 1 saturated carbocycles. The maximum Gasteiger partial charge on any atom is 0.255 e. The van der Waals surface area contributed by atoms with Crippen LogP contribution in [0.2, 0.25) is 0 Å². The molecule has 3 fully saturated rings. The number of hydrogen-bond acceptors (Lipinski definition) is 5. The van der Waals surface area contributed by atoms with Crippen molar-refractivity contribution in [3.05, 3.63) is 64.7 Å². The third kappa shape index (κ3) is 5.80. The van der Waals surface area contributed by atoms with Crippen molar-refractivity contribution < 1.29 is 14.4 Å². The summed E-state index contributed by atoms with van der Waals surface area (Å²) in [7, 11) is 0. The molecular weight excluding hydrogens is 506 g/mol. The fourth-order valence-electron chi connectivity index (χ4n) is 7.00. The van der Waals surface area contributed by atoms with Crippen molar-refractivity contribution in [3.63, 3.8) is 0 Å². The van der Waals surface area contributed by atoms with Gasteiger partial charge in [0.25, 0.3) is 5.91 Å². The van der Waals surface area contributed by atoms with Crippen LogP contribution in [0.25, 0.3) is 0 Å². The largest absolute Gasteiger partial charge is 0.322 e. The Balaban J connectivity index is 1.01. The standard InChI is InChI=1S/C32H39N3O3S/c36-29-12-11-27(30(37)33-29)35-21-26-25(31(35)38)5-4-6-28(26)39-22-24-9-7-23(8-10-24)13-18-34-19-16-32(17-20-34)14-2-1-3-15-32/h4-10,27H,1-3,11-22H2,(H,33,36,37). The van der Waals surface area contributed by atoms with E-state index in [4.69, 9.17) is 0 Å². The monoisotopic (exact) mass is 545 g/mol.